The third kappa shape index (κ3) is 9.05. The number of anilines is 1. The average Bonchev–Trinajstić information content (AvgIpc) is 3.02. The van der Waals surface area contributed by atoms with Crippen molar-refractivity contribution >= 4 is 43.5 Å². The molecule has 0 aliphatic rings. The van der Waals surface area contributed by atoms with Crippen LogP contribution in [0.2, 0.25) is 0 Å². The Balaban J connectivity index is 1.82. The quantitative estimate of drug-likeness (QED) is 0.170. The summed E-state index contributed by atoms with van der Waals surface area (Å²) in [7, 11) is -4.15. The van der Waals surface area contributed by atoms with Gasteiger partial charge in [-0.2, -0.15) is 0 Å². The molecule has 0 bridgehead atoms. The summed E-state index contributed by atoms with van der Waals surface area (Å²) >= 11 is 3.52. The first kappa shape index (κ1) is 33.9. The predicted molar refractivity (Wildman–Crippen MR) is 183 cm³/mol. The van der Waals surface area contributed by atoms with Gasteiger partial charge in [0.05, 0.1) is 10.6 Å². The van der Waals surface area contributed by atoms with Crippen LogP contribution in [0.15, 0.2) is 112 Å². The van der Waals surface area contributed by atoms with E-state index in [0.717, 1.165) is 21.2 Å². The number of benzene rings is 4. The van der Waals surface area contributed by atoms with Gasteiger partial charge in [0.1, 0.15) is 12.6 Å². The molecule has 0 saturated heterocycles. The SMILES string of the molecule is Cc1ccc(C)c(N(CC(=O)N(Cc2cccc(Br)c2)[C@H](Cc2ccccc2)C(=O)NCC(C)C)S(=O)(=O)c2ccccc2)c1. The molecule has 4 aromatic rings. The van der Waals surface area contributed by atoms with Crippen molar-refractivity contribution < 1.29 is 18.0 Å². The van der Waals surface area contributed by atoms with Gasteiger partial charge < -0.3 is 10.2 Å². The first-order valence-corrected chi connectivity index (χ1v) is 17.2. The molecule has 0 aromatic heterocycles. The van der Waals surface area contributed by atoms with Gasteiger partial charge in [-0.1, -0.05) is 103 Å². The Bertz CT molecular complexity index is 1710. The molecular weight excluding hydrogens is 650 g/mol. The molecule has 0 unspecified atom stereocenters. The van der Waals surface area contributed by atoms with Crippen LogP contribution in [0.4, 0.5) is 5.69 Å². The number of sulfonamides is 1. The van der Waals surface area contributed by atoms with Gasteiger partial charge in [0.2, 0.25) is 11.8 Å². The zero-order valence-corrected chi connectivity index (χ0v) is 28.5. The average molecular weight is 691 g/mol. The van der Waals surface area contributed by atoms with Gasteiger partial charge in [-0.25, -0.2) is 8.42 Å². The number of aryl methyl sites for hydroxylation is 2. The van der Waals surface area contributed by atoms with Crippen LogP contribution in [0.3, 0.4) is 0 Å². The Labute approximate surface area is 275 Å². The zero-order chi connectivity index (χ0) is 32.6. The van der Waals surface area contributed by atoms with Crippen molar-refractivity contribution in [1.82, 2.24) is 10.2 Å². The number of nitrogens with zero attached hydrogens (tertiary/aromatic N) is 2. The van der Waals surface area contributed by atoms with Crippen molar-refractivity contribution in [2.24, 2.45) is 5.92 Å². The number of hydrogen-bond donors (Lipinski definition) is 1. The second-order valence-electron chi connectivity index (χ2n) is 11.6. The fraction of sp³-hybridized carbons (Fsp3) is 0.278. The Morgan fingerprint density at radius 1 is 0.822 bits per heavy atom. The van der Waals surface area contributed by atoms with E-state index < -0.39 is 28.5 Å². The molecule has 2 amide bonds. The molecule has 7 nitrogen and oxygen atoms in total. The van der Waals surface area contributed by atoms with Crippen LogP contribution >= 0.6 is 15.9 Å². The topological polar surface area (TPSA) is 86.8 Å². The van der Waals surface area contributed by atoms with E-state index in [-0.39, 0.29) is 29.7 Å². The summed E-state index contributed by atoms with van der Waals surface area (Å²) in [6.07, 6.45) is 0.263. The Morgan fingerprint density at radius 2 is 1.47 bits per heavy atom. The van der Waals surface area contributed by atoms with E-state index in [2.05, 4.69) is 21.2 Å². The van der Waals surface area contributed by atoms with Crippen molar-refractivity contribution in [3.05, 3.63) is 130 Å². The Kier molecular flexibility index (Phi) is 11.6. The molecule has 0 fully saturated rings. The number of rotatable bonds is 13. The summed E-state index contributed by atoms with van der Waals surface area (Å²) in [6.45, 7) is 7.78. The van der Waals surface area contributed by atoms with Gasteiger partial charge in [-0.3, -0.25) is 13.9 Å². The molecule has 0 radical (unpaired) electrons. The van der Waals surface area contributed by atoms with Crippen molar-refractivity contribution in [2.75, 3.05) is 17.4 Å². The highest BCUT2D eigenvalue weighted by Gasteiger charge is 2.35. The minimum atomic E-state index is -4.15. The number of carbonyl (C=O) groups is 2. The maximum atomic E-state index is 14.6. The van der Waals surface area contributed by atoms with Crippen molar-refractivity contribution in [3.63, 3.8) is 0 Å². The summed E-state index contributed by atoms with van der Waals surface area (Å²) in [4.78, 5) is 30.1. The highest BCUT2D eigenvalue weighted by molar-refractivity contribution is 9.10. The number of halogens is 1. The first-order chi connectivity index (χ1) is 21.5. The summed E-state index contributed by atoms with van der Waals surface area (Å²) in [6, 6.07) is 29.8. The van der Waals surface area contributed by atoms with Crippen LogP contribution in [0.5, 0.6) is 0 Å². The third-order valence-corrected chi connectivity index (χ3v) is 9.71. The number of hydrogen-bond acceptors (Lipinski definition) is 4. The molecule has 4 rings (SSSR count). The molecule has 0 aliphatic heterocycles. The minimum Gasteiger partial charge on any atom is -0.354 e. The molecule has 236 valence electrons. The maximum Gasteiger partial charge on any atom is 0.264 e. The molecule has 0 aliphatic carbocycles. The van der Waals surface area contributed by atoms with Crippen molar-refractivity contribution in [3.8, 4) is 0 Å². The van der Waals surface area contributed by atoms with Gasteiger partial charge >= 0.3 is 0 Å². The molecule has 0 saturated carbocycles. The van der Waals surface area contributed by atoms with E-state index >= 15 is 0 Å². The van der Waals surface area contributed by atoms with Gasteiger partial charge in [-0.05, 0) is 72.4 Å². The first-order valence-electron chi connectivity index (χ1n) is 15.0. The second-order valence-corrected chi connectivity index (χ2v) is 14.4. The lowest BCUT2D eigenvalue weighted by molar-refractivity contribution is -0.140. The third-order valence-electron chi connectivity index (χ3n) is 7.44. The predicted octanol–water partition coefficient (Wildman–Crippen LogP) is 6.67. The molecule has 1 atom stereocenters. The molecule has 4 aromatic carbocycles. The fourth-order valence-electron chi connectivity index (χ4n) is 5.03. The Morgan fingerprint density at radius 3 is 2.11 bits per heavy atom. The van der Waals surface area contributed by atoms with Crippen molar-refractivity contribution in [2.45, 2.75) is 51.6 Å². The van der Waals surface area contributed by atoms with E-state index in [0.29, 0.717) is 17.8 Å². The van der Waals surface area contributed by atoms with E-state index in [1.807, 2.05) is 94.4 Å². The number of carbonyl (C=O) groups excluding carboxylic acids is 2. The van der Waals surface area contributed by atoms with E-state index in [4.69, 9.17) is 0 Å². The molecule has 1 N–H and O–H groups in total. The molecular formula is C36H40BrN3O4S. The molecule has 9 heteroatoms. The van der Waals surface area contributed by atoms with Gasteiger partial charge in [0, 0.05) is 24.0 Å². The highest BCUT2D eigenvalue weighted by Crippen LogP contribution is 2.29. The lowest BCUT2D eigenvalue weighted by Gasteiger charge is -2.34. The largest absolute Gasteiger partial charge is 0.354 e. The van der Waals surface area contributed by atoms with Gasteiger partial charge in [-0.15, -0.1) is 0 Å². The van der Waals surface area contributed by atoms with Gasteiger partial charge in [0.25, 0.3) is 10.0 Å². The zero-order valence-electron chi connectivity index (χ0n) is 26.1. The van der Waals surface area contributed by atoms with Crippen LogP contribution in [0, 0.1) is 19.8 Å². The minimum absolute atomic E-state index is 0.0766. The monoisotopic (exact) mass is 689 g/mol. The van der Waals surface area contributed by atoms with E-state index in [9.17, 15) is 18.0 Å². The Hall–Kier alpha value is -3.95. The van der Waals surface area contributed by atoms with Crippen LogP contribution in [-0.4, -0.2) is 44.3 Å². The van der Waals surface area contributed by atoms with Gasteiger partial charge in [0.15, 0.2) is 0 Å². The molecule has 45 heavy (non-hydrogen) atoms. The smallest absolute Gasteiger partial charge is 0.264 e. The van der Waals surface area contributed by atoms with E-state index in [1.54, 1.807) is 24.3 Å². The van der Waals surface area contributed by atoms with Crippen LogP contribution in [0.1, 0.15) is 36.1 Å². The normalized spacial score (nSPS) is 12.0. The lowest BCUT2D eigenvalue weighted by atomic mass is 10.0. The molecule has 0 spiro atoms. The van der Waals surface area contributed by atoms with Crippen LogP contribution < -0.4 is 9.62 Å². The lowest BCUT2D eigenvalue weighted by Crippen LogP contribution is -2.53. The summed E-state index contributed by atoms with van der Waals surface area (Å²) < 4.78 is 30.4. The number of nitrogens with one attached hydrogen (secondary N) is 1. The number of amides is 2. The van der Waals surface area contributed by atoms with Crippen LogP contribution in [0.25, 0.3) is 0 Å². The van der Waals surface area contributed by atoms with E-state index in [1.165, 1.54) is 21.3 Å². The maximum absolute atomic E-state index is 14.6. The second kappa shape index (κ2) is 15.4. The standard InChI is InChI=1S/C36H40BrN3O4S/c1-26(2)23-38-36(42)34(22-29-12-7-5-8-13-29)39(24-30-14-11-15-31(37)21-30)35(41)25-40(33-20-27(3)18-19-28(33)4)45(43,44)32-16-9-6-10-17-32/h5-21,26,34H,22-25H2,1-4H3,(H,38,42)/t34-/m1/s1. The van der Waals surface area contributed by atoms with Crippen LogP contribution in [-0.2, 0) is 32.6 Å². The highest BCUT2D eigenvalue weighted by atomic mass is 79.9. The molecule has 0 heterocycles. The summed E-state index contributed by atoms with van der Waals surface area (Å²) in [5, 5.41) is 3.02. The fourth-order valence-corrected chi connectivity index (χ4v) is 6.97. The van der Waals surface area contributed by atoms with Crippen molar-refractivity contribution in [1.29, 1.82) is 0 Å². The summed E-state index contributed by atoms with van der Waals surface area (Å²) in [5.74, 6) is -0.576. The summed E-state index contributed by atoms with van der Waals surface area (Å²) in [5.41, 5.74) is 3.67.